The molecule has 4 heterocycles. The van der Waals surface area contributed by atoms with Crippen LogP contribution in [0.2, 0.25) is 0 Å². The van der Waals surface area contributed by atoms with Gasteiger partial charge in [-0.25, -0.2) is 19.3 Å². The average Bonchev–Trinajstić information content (AvgIpc) is 3.39. The van der Waals surface area contributed by atoms with Crippen LogP contribution in [0.3, 0.4) is 0 Å². The molecule has 0 saturated carbocycles. The lowest BCUT2D eigenvalue weighted by Gasteiger charge is -2.36. The molecule has 4 aromatic rings. The number of unbranched alkanes of at least 4 members (excludes halogenated alkanes) is 7. The smallest absolute Gasteiger partial charge is 0.305 e. The van der Waals surface area contributed by atoms with Gasteiger partial charge in [-0.05, 0) is 69.6 Å². The molecule has 2 N–H and O–H groups in total. The molecule has 0 atom stereocenters. The van der Waals surface area contributed by atoms with Gasteiger partial charge in [-0.2, -0.15) is 4.98 Å². The van der Waals surface area contributed by atoms with Crippen molar-refractivity contribution in [2.75, 3.05) is 50.1 Å². The maximum atomic E-state index is 13.3. The third-order valence-corrected chi connectivity index (χ3v) is 9.25. The highest BCUT2D eigenvalue weighted by Crippen LogP contribution is 2.24. The first-order chi connectivity index (χ1) is 24.2. The van der Waals surface area contributed by atoms with Crippen LogP contribution in [0, 0.1) is 0 Å². The third kappa shape index (κ3) is 9.57. The molecule has 0 aliphatic carbocycles. The van der Waals surface area contributed by atoms with Gasteiger partial charge in [0.1, 0.15) is 11.0 Å². The molecule has 0 bridgehead atoms. The number of nitrogens with zero attached hydrogens (tertiary/aromatic N) is 7. The minimum absolute atomic E-state index is 0.101. The van der Waals surface area contributed by atoms with Gasteiger partial charge < -0.3 is 20.1 Å². The monoisotopic (exact) mass is 684 g/mol. The Labute approximate surface area is 294 Å². The first-order valence-electron chi connectivity index (χ1n) is 17.9. The normalized spacial score (nSPS) is 13.9. The predicted molar refractivity (Wildman–Crippen MR) is 198 cm³/mol. The highest BCUT2D eigenvalue weighted by atomic mass is 16.5. The Morgan fingerprint density at radius 3 is 2.30 bits per heavy atom. The van der Waals surface area contributed by atoms with Gasteiger partial charge >= 0.3 is 5.97 Å². The quantitative estimate of drug-likeness (QED) is 0.0738. The fraction of sp³-hybridized carbons (Fsp3) is 0.500. The molecule has 0 radical (unpaired) electrons. The summed E-state index contributed by atoms with van der Waals surface area (Å²) in [6, 6.07) is 13.6. The predicted octanol–water partition coefficient (Wildman–Crippen LogP) is 5.94. The van der Waals surface area contributed by atoms with Crippen molar-refractivity contribution in [2.24, 2.45) is 0 Å². The van der Waals surface area contributed by atoms with Gasteiger partial charge in [-0.15, -0.1) is 6.58 Å². The van der Waals surface area contributed by atoms with Gasteiger partial charge in [0.05, 0.1) is 19.3 Å². The molecule has 0 unspecified atom stereocenters. The number of fused-ring (bicyclic) bond motifs is 1. The summed E-state index contributed by atoms with van der Waals surface area (Å²) in [6.07, 6.45) is 13.3. The van der Waals surface area contributed by atoms with Crippen molar-refractivity contribution in [1.29, 1.82) is 0 Å². The van der Waals surface area contributed by atoms with E-state index < -0.39 is 5.60 Å². The Morgan fingerprint density at radius 1 is 0.960 bits per heavy atom. The van der Waals surface area contributed by atoms with Crippen molar-refractivity contribution in [3.05, 3.63) is 77.4 Å². The Morgan fingerprint density at radius 2 is 1.64 bits per heavy atom. The number of aliphatic hydroxyl groups is 1. The topological polar surface area (TPSA) is 131 Å². The second-order valence-electron chi connectivity index (χ2n) is 13.5. The van der Waals surface area contributed by atoms with Crippen LogP contribution >= 0.6 is 0 Å². The summed E-state index contributed by atoms with van der Waals surface area (Å²) in [5.74, 6) is 0.720. The van der Waals surface area contributed by atoms with E-state index in [1.807, 2.05) is 12.1 Å². The van der Waals surface area contributed by atoms with Gasteiger partial charge in [-0.3, -0.25) is 14.5 Å². The van der Waals surface area contributed by atoms with E-state index in [-0.39, 0.29) is 18.1 Å². The molecule has 1 saturated heterocycles. The van der Waals surface area contributed by atoms with Gasteiger partial charge in [0.25, 0.3) is 5.56 Å². The van der Waals surface area contributed by atoms with Crippen molar-refractivity contribution >= 4 is 34.3 Å². The lowest BCUT2D eigenvalue weighted by Crippen LogP contribution is -2.46. The molecule has 12 nitrogen and oxygen atoms in total. The van der Waals surface area contributed by atoms with Gasteiger partial charge in [0.2, 0.25) is 5.95 Å². The number of carbonyl (C=O) groups excluding carboxylic acids is 1. The molecular weight excluding hydrogens is 632 g/mol. The van der Waals surface area contributed by atoms with Crippen molar-refractivity contribution in [2.45, 2.75) is 83.8 Å². The Balaban J connectivity index is 1.12. The second-order valence-corrected chi connectivity index (χ2v) is 13.5. The van der Waals surface area contributed by atoms with Crippen LogP contribution in [0.15, 0.2) is 66.1 Å². The van der Waals surface area contributed by atoms with Crippen LogP contribution in [-0.4, -0.2) is 80.1 Å². The molecule has 0 amide bonds. The number of pyridine rings is 1. The van der Waals surface area contributed by atoms with Crippen LogP contribution in [0.4, 0.5) is 17.3 Å². The molecule has 50 heavy (non-hydrogen) atoms. The van der Waals surface area contributed by atoms with Crippen LogP contribution in [0.1, 0.15) is 77.3 Å². The van der Waals surface area contributed by atoms with Crippen molar-refractivity contribution in [3.63, 3.8) is 0 Å². The standard InChI is InChI=1S/C38H52N8O4/c1-5-22-45-36(48)31-28-39-37(42-35(31)46(45)33-16-14-15-32(41-33)38(2,3)49)40-29-18-20-30(21-19-29)44-26-24-43(25-27-44)23-13-11-9-7-6-8-10-12-17-34(47)50-4/h5,14-16,18-21,28,49H,1,6-13,17,22-27H2,2-4H3,(H,39,40,42). The zero-order valence-electron chi connectivity index (χ0n) is 29.8. The van der Waals surface area contributed by atoms with Gasteiger partial charge in [0.15, 0.2) is 11.5 Å². The van der Waals surface area contributed by atoms with Crippen LogP contribution in [0.25, 0.3) is 16.9 Å². The number of carbonyl (C=O) groups is 1. The van der Waals surface area contributed by atoms with Crippen molar-refractivity contribution in [1.82, 2.24) is 29.2 Å². The summed E-state index contributed by atoms with van der Waals surface area (Å²) in [5.41, 5.74) is 1.52. The van der Waals surface area contributed by atoms with E-state index in [2.05, 4.69) is 43.8 Å². The number of piperazine rings is 1. The number of benzene rings is 1. The zero-order chi connectivity index (χ0) is 35.5. The van der Waals surface area contributed by atoms with Gasteiger partial charge in [0, 0.05) is 50.2 Å². The number of ether oxygens (including phenoxy) is 1. The lowest BCUT2D eigenvalue weighted by atomic mass is 10.1. The van der Waals surface area contributed by atoms with Crippen LogP contribution < -0.4 is 15.8 Å². The molecule has 1 aromatic carbocycles. The fourth-order valence-electron chi connectivity index (χ4n) is 6.37. The number of hydrogen-bond acceptors (Lipinski definition) is 10. The maximum Gasteiger partial charge on any atom is 0.305 e. The van der Waals surface area contributed by atoms with E-state index in [4.69, 9.17) is 9.72 Å². The highest BCUT2D eigenvalue weighted by molar-refractivity contribution is 5.77. The Hall–Kier alpha value is -4.55. The van der Waals surface area contributed by atoms with Crippen LogP contribution in [0.5, 0.6) is 0 Å². The van der Waals surface area contributed by atoms with Crippen molar-refractivity contribution in [3.8, 4) is 5.82 Å². The molecule has 1 aliphatic rings. The van der Waals surface area contributed by atoms with Gasteiger partial charge in [-0.1, -0.05) is 50.7 Å². The number of esters is 1. The summed E-state index contributed by atoms with van der Waals surface area (Å²) < 4.78 is 7.87. The maximum absolute atomic E-state index is 13.3. The Bertz CT molecular complexity index is 1770. The number of aromatic nitrogens is 5. The molecule has 5 rings (SSSR count). The molecule has 268 valence electrons. The van der Waals surface area contributed by atoms with Crippen LogP contribution in [-0.2, 0) is 21.7 Å². The number of allylic oxidation sites excluding steroid dienone is 1. The zero-order valence-corrected chi connectivity index (χ0v) is 29.8. The molecule has 0 spiro atoms. The number of anilines is 3. The highest BCUT2D eigenvalue weighted by Gasteiger charge is 2.22. The molecular formula is C38H52N8O4. The van der Waals surface area contributed by atoms with E-state index >= 15 is 0 Å². The number of methoxy groups -OCH3 is 1. The third-order valence-electron chi connectivity index (χ3n) is 9.25. The molecule has 3 aromatic heterocycles. The van der Waals surface area contributed by atoms with Crippen molar-refractivity contribution < 1.29 is 14.6 Å². The summed E-state index contributed by atoms with van der Waals surface area (Å²) in [7, 11) is 1.45. The number of rotatable bonds is 18. The van der Waals surface area contributed by atoms with E-state index in [0.29, 0.717) is 34.9 Å². The van der Waals surface area contributed by atoms with E-state index in [9.17, 15) is 14.7 Å². The second kappa shape index (κ2) is 17.4. The van der Waals surface area contributed by atoms with E-state index in [1.165, 1.54) is 62.2 Å². The van der Waals surface area contributed by atoms with E-state index in [1.54, 1.807) is 42.8 Å². The summed E-state index contributed by atoms with van der Waals surface area (Å²) in [4.78, 5) is 43.3. The first kappa shape index (κ1) is 36.7. The average molecular weight is 685 g/mol. The van der Waals surface area contributed by atoms with E-state index in [0.717, 1.165) is 51.3 Å². The largest absolute Gasteiger partial charge is 0.469 e. The summed E-state index contributed by atoms with van der Waals surface area (Å²) in [5, 5.41) is 14.2. The number of nitrogens with one attached hydrogen (secondary N) is 1. The summed E-state index contributed by atoms with van der Waals surface area (Å²) >= 11 is 0. The summed E-state index contributed by atoms with van der Waals surface area (Å²) in [6.45, 7) is 12.7. The molecule has 1 fully saturated rings. The molecule has 1 aliphatic heterocycles. The first-order valence-corrected chi connectivity index (χ1v) is 17.9. The number of hydrogen-bond donors (Lipinski definition) is 2. The molecule has 12 heteroatoms. The fourth-order valence-corrected chi connectivity index (χ4v) is 6.37. The lowest BCUT2D eigenvalue weighted by molar-refractivity contribution is -0.140. The SMILES string of the molecule is C=CCn1c(=O)c2cnc(Nc3ccc(N4CCN(CCCCCCCCCCC(=O)OC)CC4)cc3)nc2n1-c1cccc(C(C)(C)O)n1. The Kier molecular flexibility index (Phi) is 12.8. The minimum atomic E-state index is -1.15. The minimum Gasteiger partial charge on any atom is -0.469 e.